The first kappa shape index (κ1) is 18.4. The fourth-order valence-electron chi connectivity index (χ4n) is 2.81. The van der Waals surface area contributed by atoms with Gasteiger partial charge in [-0.25, -0.2) is 18.0 Å². The van der Waals surface area contributed by atoms with Gasteiger partial charge in [0.15, 0.2) is 11.6 Å². The van der Waals surface area contributed by atoms with Gasteiger partial charge in [-0.1, -0.05) is 18.2 Å². The van der Waals surface area contributed by atoms with Gasteiger partial charge >= 0.3 is 6.03 Å². The van der Waals surface area contributed by atoms with E-state index < -0.39 is 47.4 Å². The van der Waals surface area contributed by atoms with Gasteiger partial charge in [-0.2, -0.15) is 0 Å². The summed E-state index contributed by atoms with van der Waals surface area (Å²) in [7, 11) is 0. The number of carbonyl (C=O) groups is 3. The van der Waals surface area contributed by atoms with E-state index >= 15 is 0 Å². The Hall–Kier alpha value is -3.36. The van der Waals surface area contributed by atoms with Crippen molar-refractivity contribution in [3.63, 3.8) is 0 Å². The van der Waals surface area contributed by atoms with Gasteiger partial charge in [-0.15, -0.1) is 0 Å². The number of nitrogens with one attached hydrogen (secondary N) is 2. The molecule has 0 spiro atoms. The van der Waals surface area contributed by atoms with E-state index in [4.69, 9.17) is 0 Å². The van der Waals surface area contributed by atoms with Crippen LogP contribution in [-0.4, -0.2) is 29.3 Å². The normalized spacial score (nSPS) is 19.2. The van der Waals surface area contributed by atoms with Crippen molar-refractivity contribution in [2.75, 3.05) is 11.9 Å². The third-order valence-corrected chi connectivity index (χ3v) is 4.19. The van der Waals surface area contributed by atoms with Crippen molar-refractivity contribution in [2.24, 2.45) is 0 Å². The highest BCUT2D eigenvalue weighted by Gasteiger charge is 2.50. The molecule has 0 aromatic heterocycles. The van der Waals surface area contributed by atoms with Crippen molar-refractivity contribution >= 4 is 23.5 Å². The minimum Gasteiger partial charge on any atom is -0.324 e. The van der Waals surface area contributed by atoms with Gasteiger partial charge in [0.1, 0.15) is 17.9 Å². The van der Waals surface area contributed by atoms with Crippen LogP contribution >= 0.6 is 0 Å². The topological polar surface area (TPSA) is 78.5 Å². The van der Waals surface area contributed by atoms with Crippen LogP contribution in [0.25, 0.3) is 0 Å². The highest BCUT2D eigenvalue weighted by atomic mass is 19.2. The smallest absolute Gasteiger partial charge is 0.324 e. The van der Waals surface area contributed by atoms with Crippen LogP contribution in [0.15, 0.2) is 42.5 Å². The summed E-state index contributed by atoms with van der Waals surface area (Å²) in [6, 6.07) is 7.32. The Morgan fingerprint density at radius 1 is 1.07 bits per heavy atom. The maximum Gasteiger partial charge on any atom is 0.325 e. The lowest BCUT2D eigenvalue weighted by molar-refractivity contribution is -0.133. The molecule has 1 heterocycles. The SMILES string of the molecule is CC1(c2ccccc2F)NC(=O)N(CC(=O)Nc2ccc(F)c(F)c2)C1=O. The van der Waals surface area contributed by atoms with Gasteiger partial charge in [0.25, 0.3) is 5.91 Å². The van der Waals surface area contributed by atoms with Gasteiger partial charge in [-0.05, 0) is 25.1 Å². The van der Waals surface area contributed by atoms with Crippen LogP contribution in [0.4, 0.5) is 23.7 Å². The maximum absolute atomic E-state index is 14.1. The number of amides is 4. The maximum atomic E-state index is 14.1. The van der Waals surface area contributed by atoms with Crippen LogP contribution < -0.4 is 10.6 Å². The van der Waals surface area contributed by atoms with Crippen LogP contribution in [0.1, 0.15) is 12.5 Å². The number of nitrogens with zero attached hydrogens (tertiary/aromatic N) is 1. The number of carbonyl (C=O) groups excluding carboxylic acids is 3. The summed E-state index contributed by atoms with van der Waals surface area (Å²) in [5.41, 5.74) is -1.74. The largest absolute Gasteiger partial charge is 0.325 e. The first-order valence-corrected chi connectivity index (χ1v) is 7.86. The second-order valence-corrected chi connectivity index (χ2v) is 6.10. The van der Waals surface area contributed by atoms with Crippen molar-refractivity contribution < 1.29 is 27.6 Å². The van der Waals surface area contributed by atoms with Gasteiger partial charge < -0.3 is 10.6 Å². The number of rotatable bonds is 4. The lowest BCUT2D eigenvalue weighted by Gasteiger charge is -2.22. The summed E-state index contributed by atoms with van der Waals surface area (Å²) < 4.78 is 40.2. The third kappa shape index (κ3) is 3.35. The zero-order valence-corrected chi connectivity index (χ0v) is 14.1. The first-order chi connectivity index (χ1) is 12.7. The Bertz CT molecular complexity index is 950. The Morgan fingerprint density at radius 2 is 1.78 bits per heavy atom. The van der Waals surface area contributed by atoms with E-state index in [1.54, 1.807) is 0 Å². The number of urea groups is 1. The molecule has 140 valence electrons. The third-order valence-electron chi connectivity index (χ3n) is 4.19. The molecule has 6 nitrogen and oxygen atoms in total. The molecule has 1 saturated heterocycles. The zero-order valence-electron chi connectivity index (χ0n) is 14.1. The fraction of sp³-hybridized carbons (Fsp3) is 0.167. The Balaban J connectivity index is 1.76. The zero-order chi connectivity index (χ0) is 19.8. The lowest BCUT2D eigenvalue weighted by Crippen LogP contribution is -2.42. The summed E-state index contributed by atoms with van der Waals surface area (Å²) >= 11 is 0. The molecule has 1 atom stereocenters. The summed E-state index contributed by atoms with van der Waals surface area (Å²) in [4.78, 5) is 37.5. The van der Waals surface area contributed by atoms with E-state index in [9.17, 15) is 27.6 Å². The van der Waals surface area contributed by atoms with Crippen LogP contribution in [0.5, 0.6) is 0 Å². The minimum atomic E-state index is -1.66. The van der Waals surface area contributed by atoms with Gasteiger partial charge in [-0.3, -0.25) is 14.5 Å². The van der Waals surface area contributed by atoms with Crippen LogP contribution in [0.2, 0.25) is 0 Å². The lowest BCUT2D eigenvalue weighted by atomic mass is 9.91. The number of benzene rings is 2. The fourth-order valence-corrected chi connectivity index (χ4v) is 2.81. The quantitative estimate of drug-likeness (QED) is 0.804. The van der Waals surface area contributed by atoms with Crippen LogP contribution in [0, 0.1) is 17.5 Å². The number of anilines is 1. The Morgan fingerprint density at radius 3 is 2.44 bits per heavy atom. The van der Waals surface area contributed by atoms with E-state index in [1.807, 2.05) is 0 Å². The van der Waals surface area contributed by atoms with Crippen LogP contribution in [0.3, 0.4) is 0 Å². The molecule has 0 saturated carbocycles. The molecule has 1 aliphatic rings. The number of halogens is 3. The monoisotopic (exact) mass is 377 g/mol. The molecular weight excluding hydrogens is 363 g/mol. The molecule has 9 heteroatoms. The van der Waals surface area contributed by atoms with E-state index in [1.165, 1.54) is 25.1 Å². The molecule has 0 aliphatic carbocycles. The van der Waals surface area contributed by atoms with Crippen molar-refractivity contribution in [2.45, 2.75) is 12.5 Å². The standard InChI is InChI=1S/C18H14F3N3O3/c1-18(11-4-2-3-5-12(11)19)16(26)24(17(27)23-18)9-15(25)22-10-6-7-13(20)14(21)8-10/h2-8H,9H2,1H3,(H,22,25)(H,23,27). The summed E-state index contributed by atoms with van der Waals surface area (Å²) in [5.74, 6) is -4.53. The van der Waals surface area contributed by atoms with Crippen molar-refractivity contribution in [3.8, 4) is 0 Å². The molecule has 2 aromatic rings. The number of imide groups is 1. The predicted molar refractivity (Wildman–Crippen MR) is 89.0 cm³/mol. The van der Waals surface area contributed by atoms with Crippen molar-refractivity contribution in [1.29, 1.82) is 0 Å². The Kier molecular flexibility index (Phi) is 4.61. The first-order valence-electron chi connectivity index (χ1n) is 7.86. The Labute approximate surface area is 152 Å². The predicted octanol–water partition coefficient (Wildman–Crippen LogP) is 2.51. The molecule has 1 unspecified atom stereocenters. The average molecular weight is 377 g/mol. The van der Waals surface area contributed by atoms with Gasteiger partial charge in [0, 0.05) is 17.3 Å². The molecule has 3 rings (SSSR count). The molecule has 2 aromatic carbocycles. The molecule has 0 bridgehead atoms. The molecular formula is C18H14F3N3O3. The highest BCUT2D eigenvalue weighted by Crippen LogP contribution is 2.30. The van der Waals surface area contributed by atoms with Crippen molar-refractivity contribution in [1.82, 2.24) is 10.2 Å². The summed E-state index contributed by atoms with van der Waals surface area (Å²) in [6.07, 6.45) is 0. The molecule has 1 aliphatic heterocycles. The second kappa shape index (κ2) is 6.75. The van der Waals surface area contributed by atoms with Gasteiger partial charge in [0.05, 0.1) is 0 Å². The van der Waals surface area contributed by atoms with Gasteiger partial charge in [0.2, 0.25) is 5.91 Å². The molecule has 27 heavy (non-hydrogen) atoms. The molecule has 2 N–H and O–H groups in total. The van der Waals surface area contributed by atoms with Crippen LogP contribution in [-0.2, 0) is 15.1 Å². The minimum absolute atomic E-state index is 0.0353. The van der Waals surface area contributed by atoms with E-state index in [-0.39, 0.29) is 11.3 Å². The highest BCUT2D eigenvalue weighted by molar-refractivity contribution is 6.10. The summed E-state index contributed by atoms with van der Waals surface area (Å²) in [5, 5.41) is 4.64. The molecule has 0 radical (unpaired) electrons. The van der Waals surface area contributed by atoms with E-state index in [2.05, 4.69) is 10.6 Å². The summed E-state index contributed by atoms with van der Waals surface area (Å²) in [6.45, 7) is 0.659. The van der Waals surface area contributed by atoms with E-state index in [0.717, 1.165) is 24.3 Å². The number of hydrogen-bond acceptors (Lipinski definition) is 3. The van der Waals surface area contributed by atoms with E-state index in [0.29, 0.717) is 4.90 Å². The average Bonchev–Trinajstić information content (AvgIpc) is 2.82. The van der Waals surface area contributed by atoms with Crippen molar-refractivity contribution in [3.05, 3.63) is 65.5 Å². The molecule has 4 amide bonds. The molecule has 1 fully saturated rings. The number of hydrogen-bond donors (Lipinski definition) is 2. The second-order valence-electron chi connectivity index (χ2n) is 6.10.